The maximum Gasteiger partial charge on any atom is 0.416 e. The second-order valence-electron chi connectivity index (χ2n) is 4.22. The minimum atomic E-state index is -4.27. The summed E-state index contributed by atoms with van der Waals surface area (Å²) in [5, 5.41) is 0. The van der Waals surface area contributed by atoms with E-state index in [9.17, 15) is 13.2 Å². The lowest BCUT2D eigenvalue weighted by Crippen LogP contribution is -2.11. The van der Waals surface area contributed by atoms with Gasteiger partial charge >= 0.3 is 6.18 Å². The fourth-order valence-corrected chi connectivity index (χ4v) is 1.70. The van der Waals surface area contributed by atoms with Gasteiger partial charge in [-0.3, -0.25) is 0 Å². The van der Waals surface area contributed by atoms with Gasteiger partial charge in [0.25, 0.3) is 0 Å². The third-order valence-corrected chi connectivity index (χ3v) is 2.78. The summed E-state index contributed by atoms with van der Waals surface area (Å²) in [5.41, 5.74) is 6.06. The summed E-state index contributed by atoms with van der Waals surface area (Å²) >= 11 is 0. The van der Waals surface area contributed by atoms with Crippen LogP contribution >= 0.6 is 0 Å². The highest BCUT2D eigenvalue weighted by Crippen LogP contribution is 2.30. The first-order chi connectivity index (χ1) is 7.95. The first-order valence-corrected chi connectivity index (χ1v) is 5.88. The number of hydrogen-bond donors (Lipinski definition) is 1. The van der Waals surface area contributed by atoms with Gasteiger partial charge in [0.1, 0.15) is 0 Å². The molecule has 0 amide bonds. The molecule has 0 heterocycles. The predicted octanol–water partition coefficient (Wildman–Crippen LogP) is 4.29. The van der Waals surface area contributed by atoms with E-state index in [0.717, 1.165) is 43.4 Å². The molecule has 1 aromatic carbocycles. The van der Waals surface area contributed by atoms with Crippen molar-refractivity contribution in [3.63, 3.8) is 0 Å². The molecule has 1 rings (SSSR count). The van der Waals surface area contributed by atoms with Gasteiger partial charge in [0.2, 0.25) is 0 Å². The van der Waals surface area contributed by atoms with Crippen molar-refractivity contribution < 1.29 is 13.2 Å². The number of nitrogens with two attached hydrogens (primary N) is 1. The number of rotatable bonds is 5. The van der Waals surface area contributed by atoms with Crippen LogP contribution in [0, 0.1) is 0 Å². The van der Waals surface area contributed by atoms with Gasteiger partial charge < -0.3 is 5.73 Å². The normalized spacial score (nSPS) is 13.7. The zero-order valence-corrected chi connectivity index (χ0v) is 9.93. The average molecular weight is 245 g/mol. The Hall–Kier alpha value is -1.03. The van der Waals surface area contributed by atoms with Crippen molar-refractivity contribution in [2.24, 2.45) is 5.73 Å². The van der Waals surface area contributed by atoms with Crippen LogP contribution in [-0.4, -0.2) is 0 Å². The molecule has 1 atom stereocenters. The molecule has 1 nitrogen and oxygen atoms in total. The lowest BCUT2D eigenvalue weighted by atomic mass is 10.00. The van der Waals surface area contributed by atoms with Crippen LogP contribution in [-0.2, 0) is 6.18 Å². The summed E-state index contributed by atoms with van der Waals surface area (Å²) in [4.78, 5) is 0. The first kappa shape index (κ1) is 14.0. The molecular weight excluding hydrogens is 227 g/mol. The number of benzene rings is 1. The fraction of sp³-hybridized carbons (Fsp3) is 0.538. The van der Waals surface area contributed by atoms with Gasteiger partial charge in [-0.25, -0.2) is 0 Å². The number of unbranched alkanes of at least 4 members (excludes halogenated alkanes) is 2. The van der Waals surface area contributed by atoms with Gasteiger partial charge in [-0.1, -0.05) is 38.3 Å². The SMILES string of the molecule is CCCCC[C@H](N)c1ccc(C(F)(F)F)cc1. The molecule has 0 bridgehead atoms. The smallest absolute Gasteiger partial charge is 0.324 e. The molecule has 0 spiro atoms. The molecule has 0 aromatic heterocycles. The minimum Gasteiger partial charge on any atom is -0.324 e. The molecule has 0 fully saturated rings. The summed E-state index contributed by atoms with van der Waals surface area (Å²) in [7, 11) is 0. The summed E-state index contributed by atoms with van der Waals surface area (Å²) in [6, 6.07) is 4.96. The number of halogens is 3. The molecule has 0 unspecified atom stereocenters. The van der Waals surface area contributed by atoms with Crippen LogP contribution in [0.5, 0.6) is 0 Å². The van der Waals surface area contributed by atoms with Crippen LogP contribution in [0.3, 0.4) is 0 Å². The van der Waals surface area contributed by atoms with Crippen LogP contribution in [0.1, 0.15) is 49.8 Å². The highest BCUT2D eigenvalue weighted by atomic mass is 19.4. The van der Waals surface area contributed by atoms with Crippen LogP contribution < -0.4 is 5.73 Å². The van der Waals surface area contributed by atoms with Crippen LogP contribution in [0.4, 0.5) is 13.2 Å². The summed E-state index contributed by atoms with van der Waals surface area (Å²) in [6.45, 7) is 2.10. The van der Waals surface area contributed by atoms with Gasteiger partial charge in [0.05, 0.1) is 5.56 Å². The van der Waals surface area contributed by atoms with E-state index in [4.69, 9.17) is 5.73 Å². The average Bonchev–Trinajstić information content (AvgIpc) is 2.28. The van der Waals surface area contributed by atoms with E-state index in [1.807, 2.05) is 0 Å². The Kier molecular flexibility index (Phi) is 5.00. The second-order valence-corrected chi connectivity index (χ2v) is 4.22. The molecule has 4 heteroatoms. The van der Waals surface area contributed by atoms with Crippen molar-refractivity contribution in [1.29, 1.82) is 0 Å². The van der Waals surface area contributed by atoms with E-state index in [1.165, 1.54) is 12.1 Å². The second kappa shape index (κ2) is 6.05. The molecular formula is C13H18F3N. The van der Waals surface area contributed by atoms with E-state index in [2.05, 4.69) is 6.92 Å². The van der Waals surface area contributed by atoms with Gasteiger partial charge in [-0.05, 0) is 24.1 Å². The van der Waals surface area contributed by atoms with E-state index < -0.39 is 11.7 Å². The molecule has 0 saturated heterocycles. The third-order valence-electron chi connectivity index (χ3n) is 2.78. The fourth-order valence-electron chi connectivity index (χ4n) is 1.70. The van der Waals surface area contributed by atoms with Gasteiger partial charge in [0.15, 0.2) is 0 Å². The maximum atomic E-state index is 12.3. The summed E-state index contributed by atoms with van der Waals surface area (Å²) in [5.74, 6) is 0. The van der Waals surface area contributed by atoms with Crippen LogP contribution in [0.15, 0.2) is 24.3 Å². The van der Waals surface area contributed by atoms with Crippen molar-refractivity contribution in [2.45, 2.75) is 44.8 Å². The molecule has 1 aromatic rings. The Balaban J connectivity index is 2.61. The molecule has 0 saturated carbocycles. The molecule has 2 N–H and O–H groups in total. The van der Waals surface area contributed by atoms with Gasteiger partial charge in [0, 0.05) is 6.04 Å². The van der Waals surface area contributed by atoms with E-state index in [1.54, 1.807) is 0 Å². The Bertz CT molecular complexity index is 330. The molecule has 96 valence electrons. The third kappa shape index (κ3) is 4.38. The lowest BCUT2D eigenvalue weighted by molar-refractivity contribution is -0.137. The van der Waals surface area contributed by atoms with Crippen molar-refractivity contribution in [3.8, 4) is 0 Å². The van der Waals surface area contributed by atoms with E-state index in [-0.39, 0.29) is 6.04 Å². The Morgan fingerprint density at radius 2 is 1.71 bits per heavy atom. The quantitative estimate of drug-likeness (QED) is 0.769. The topological polar surface area (TPSA) is 26.0 Å². The predicted molar refractivity (Wildman–Crippen MR) is 62.5 cm³/mol. The van der Waals surface area contributed by atoms with Crippen molar-refractivity contribution in [1.82, 2.24) is 0 Å². The minimum absolute atomic E-state index is 0.163. The standard InChI is InChI=1S/C13H18F3N/c1-2-3-4-5-12(17)10-6-8-11(9-7-10)13(14,15)16/h6-9,12H,2-5,17H2,1H3/t12-/m0/s1. The monoisotopic (exact) mass is 245 g/mol. The van der Waals surface area contributed by atoms with Crippen LogP contribution in [0.25, 0.3) is 0 Å². The van der Waals surface area contributed by atoms with Gasteiger partial charge in [-0.2, -0.15) is 13.2 Å². The summed E-state index contributed by atoms with van der Waals surface area (Å²) in [6.07, 6.45) is -0.225. The molecule has 0 aliphatic rings. The van der Waals surface area contributed by atoms with E-state index >= 15 is 0 Å². The zero-order valence-electron chi connectivity index (χ0n) is 9.93. The van der Waals surface area contributed by atoms with Crippen molar-refractivity contribution >= 4 is 0 Å². The Morgan fingerprint density at radius 3 is 2.18 bits per heavy atom. The highest BCUT2D eigenvalue weighted by Gasteiger charge is 2.30. The van der Waals surface area contributed by atoms with Crippen LogP contribution in [0.2, 0.25) is 0 Å². The Morgan fingerprint density at radius 1 is 1.12 bits per heavy atom. The molecule has 0 aliphatic carbocycles. The largest absolute Gasteiger partial charge is 0.416 e. The van der Waals surface area contributed by atoms with E-state index in [0.29, 0.717) is 0 Å². The lowest BCUT2D eigenvalue weighted by Gasteiger charge is -2.13. The number of alkyl halides is 3. The molecule has 17 heavy (non-hydrogen) atoms. The zero-order chi connectivity index (χ0) is 12.9. The highest BCUT2D eigenvalue weighted by molar-refractivity contribution is 5.26. The van der Waals surface area contributed by atoms with Crippen molar-refractivity contribution in [2.75, 3.05) is 0 Å². The maximum absolute atomic E-state index is 12.3. The molecule has 0 radical (unpaired) electrons. The number of hydrogen-bond acceptors (Lipinski definition) is 1. The first-order valence-electron chi connectivity index (χ1n) is 5.88. The Labute approximate surface area is 99.8 Å². The van der Waals surface area contributed by atoms with Gasteiger partial charge in [-0.15, -0.1) is 0 Å². The van der Waals surface area contributed by atoms with Crippen molar-refractivity contribution in [3.05, 3.63) is 35.4 Å². The summed E-state index contributed by atoms with van der Waals surface area (Å²) < 4.78 is 37.0. The molecule has 0 aliphatic heterocycles.